The zero-order valence-corrected chi connectivity index (χ0v) is 13.4. The highest BCUT2D eigenvalue weighted by Gasteiger charge is 2.53. The van der Waals surface area contributed by atoms with Crippen LogP contribution in [0, 0.1) is 0 Å². The third-order valence-corrected chi connectivity index (χ3v) is 4.95. The summed E-state index contributed by atoms with van der Waals surface area (Å²) in [6.07, 6.45) is -0.982. The van der Waals surface area contributed by atoms with Crippen molar-refractivity contribution in [1.29, 1.82) is 0 Å². The Morgan fingerprint density at radius 3 is 2.96 bits per heavy atom. The van der Waals surface area contributed by atoms with Crippen molar-refractivity contribution in [3.8, 4) is 5.75 Å². The van der Waals surface area contributed by atoms with Gasteiger partial charge in [0.25, 0.3) is 6.43 Å². The lowest BCUT2D eigenvalue weighted by molar-refractivity contribution is -0.129. The number of carbonyl (C=O) groups excluding carboxylic acids is 2. The second-order valence-electron chi connectivity index (χ2n) is 6.33. The van der Waals surface area contributed by atoms with Crippen LogP contribution in [0.15, 0.2) is 24.3 Å². The second-order valence-corrected chi connectivity index (χ2v) is 6.33. The fraction of sp³-hybridized carbons (Fsp3) is 0.529. The van der Waals surface area contributed by atoms with E-state index in [-0.39, 0.29) is 18.5 Å². The molecule has 2 atom stereocenters. The van der Waals surface area contributed by atoms with Crippen molar-refractivity contribution in [1.82, 2.24) is 10.2 Å². The molecule has 2 saturated heterocycles. The number of nitrogens with one attached hydrogen (secondary N) is 1. The molecule has 0 bridgehead atoms. The van der Waals surface area contributed by atoms with Crippen LogP contribution in [0.1, 0.15) is 24.8 Å². The van der Waals surface area contributed by atoms with E-state index < -0.39 is 24.3 Å². The van der Waals surface area contributed by atoms with E-state index in [1.54, 1.807) is 29.2 Å². The number of halogens is 2. The summed E-state index contributed by atoms with van der Waals surface area (Å²) in [5.41, 5.74) is -0.319. The van der Waals surface area contributed by atoms with Crippen LogP contribution in [0.3, 0.4) is 0 Å². The molecule has 3 rings (SSSR count). The van der Waals surface area contributed by atoms with Gasteiger partial charge >= 0.3 is 0 Å². The van der Waals surface area contributed by atoms with Crippen LogP contribution in [-0.4, -0.2) is 49.4 Å². The molecule has 1 N–H and O–H groups in total. The first-order chi connectivity index (χ1) is 11.5. The maximum atomic E-state index is 12.8. The SMILES string of the molecule is COc1cccc([C@]2(C(=O)NCC(F)F)C[C@@H]3CCC(=O)N3C2)c1. The molecule has 24 heavy (non-hydrogen) atoms. The smallest absolute Gasteiger partial charge is 0.255 e. The van der Waals surface area contributed by atoms with Crippen molar-refractivity contribution in [3.63, 3.8) is 0 Å². The van der Waals surface area contributed by atoms with Crippen LogP contribution in [0.25, 0.3) is 0 Å². The number of rotatable bonds is 5. The number of hydrogen-bond acceptors (Lipinski definition) is 3. The Morgan fingerprint density at radius 2 is 2.29 bits per heavy atom. The first-order valence-corrected chi connectivity index (χ1v) is 7.97. The molecule has 0 aliphatic carbocycles. The molecule has 5 nitrogen and oxygen atoms in total. The molecular formula is C17H20F2N2O3. The van der Waals surface area contributed by atoms with Crippen molar-refractivity contribution in [3.05, 3.63) is 29.8 Å². The molecular weight excluding hydrogens is 318 g/mol. The van der Waals surface area contributed by atoms with E-state index in [0.717, 1.165) is 0 Å². The summed E-state index contributed by atoms with van der Waals surface area (Å²) < 4.78 is 30.3. The molecule has 1 aromatic rings. The van der Waals surface area contributed by atoms with Gasteiger partial charge in [0, 0.05) is 19.0 Å². The number of ether oxygens (including phenoxy) is 1. The van der Waals surface area contributed by atoms with Crippen LogP contribution in [-0.2, 0) is 15.0 Å². The van der Waals surface area contributed by atoms with Gasteiger partial charge in [0.15, 0.2) is 0 Å². The Balaban J connectivity index is 1.95. The van der Waals surface area contributed by atoms with Crippen molar-refractivity contribution in [2.75, 3.05) is 20.2 Å². The molecule has 2 aliphatic heterocycles. The van der Waals surface area contributed by atoms with Crippen LogP contribution in [0.4, 0.5) is 8.78 Å². The van der Waals surface area contributed by atoms with Gasteiger partial charge in [0.05, 0.1) is 19.1 Å². The monoisotopic (exact) mass is 338 g/mol. The molecule has 130 valence electrons. The number of methoxy groups -OCH3 is 1. The van der Waals surface area contributed by atoms with Gasteiger partial charge in [-0.05, 0) is 30.5 Å². The predicted octanol–water partition coefficient (Wildman–Crippen LogP) is 1.71. The molecule has 0 radical (unpaired) electrons. The van der Waals surface area contributed by atoms with Crippen molar-refractivity contribution < 1.29 is 23.1 Å². The standard InChI is InChI=1S/C17H20F2N2O3/c1-24-13-4-2-3-11(7-13)17(16(23)20-9-14(18)19)8-12-5-6-15(22)21(12)10-17/h2-4,7,12,14H,5-6,8-10H2,1H3,(H,20,23)/t12-,17-/m0/s1. The summed E-state index contributed by atoms with van der Waals surface area (Å²) in [7, 11) is 1.53. The van der Waals surface area contributed by atoms with E-state index in [1.165, 1.54) is 7.11 Å². The maximum absolute atomic E-state index is 12.8. The van der Waals surface area contributed by atoms with E-state index in [1.807, 2.05) is 0 Å². The van der Waals surface area contributed by atoms with Crippen LogP contribution in [0.2, 0.25) is 0 Å². The molecule has 1 aromatic carbocycles. The normalized spacial score (nSPS) is 25.9. The number of benzene rings is 1. The summed E-state index contributed by atoms with van der Waals surface area (Å²) in [6.45, 7) is -0.470. The van der Waals surface area contributed by atoms with Gasteiger partial charge < -0.3 is 15.0 Å². The zero-order chi connectivity index (χ0) is 17.3. The summed E-state index contributed by atoms with van der Waals surface area (Å²) in [5, 5.41) is 2.34. The molecule has 7 heteroatoms. The lowest BCUT2D eigenvalue weighted by Gasteiger charge is -2.29. The highest BCUT2D eigenvalue weighted by Crippen LogP contribution is 2.43. The van der Waals surface area contributed by atoms with Gasteiger partial charge in [-0.1, -0.05) is 12.1 Å². The van der Waals surface area contributed by atoms with Gasteiger partial charge in [-0.25, -0.2) is 8.78 Å². The number of hydrogen-bond donors (Lipinski definition) is 1. The predicted molar refractivity (Wildman–Crippen MR) is 83.0 cm³/mol. The van der Waals surface area contributed by atoms with Crippen LogP contribution < -0.4 is 10.1 Å². The Morgan fingerprint density at radius 1 is 1.50 bits per heavy atom. The van der Waals surface area contributed by atoms with Crippen molar-refractivity contribution in [2.24, 2.45) is 0 Å². The van der Waals surface area contributed by atoms with E-state index >= 15 is 0 Å². The Labute approximate surface area is 139 Å². The van der Waals surface area contributed by atoms with Gasteiger partial charge in [0.2, 0.25) is 11.8 Å². The van der Waals surface area contributed by atoms with Crippen LogP contribution in [0.5, 0.6) is 5.75 Å². The Kier molecular flexibility index (Phi) is 4.43. The summed E-state index contributed by atoms with van der Waals surface area (Å²) in [6, 6.07) is 7.05. The zero-order valence-electron chi connectivity index (χ0n) is 13.4. The fourth-order valence-electron chi connectivity index (χ4n) is 3.74. The minimum atomic E-state index is -2.61. The molecule has 0 unspecified atom stereocenters. The fourth-order valence-corrected chi connectivity index (χ4v) is 3.74. The Hall–Kier alpha value is -2.18. The molecule has 2 amide bonds. The number of carbonyl (C=O) groups is 2. The maximum Gasteiger partial charge on any atom is 0.255 e. The minimum Gasteiger partial charge on any atom is -0.497 e. The molecule has 2 fully saturated rings. The molecule has 0 spiro atoms. The van der Waals surface area contributed by atoms with Crippen LogP contribution >= 0.6 is 0 Å². The average molecular weight is 338 g/mol. The molecule has 2 heterocycles. The topological polar surface area (TPSA) is 58.6 Å². The lowest BCUT2D eigenvalue weighted by Crippen LogP contribution is -2.48. The third kappa shape index (κ3) is 2.83. The van der Waals surface area contributed by atoms with E-state index in [4.69, 9.17) is 4.74 Å². The number of alkyl halides is 2. The van der Waals surface area contributed by atoms with Crippen molar-refractivity contribution >= 4 is 11.8 Å². The number of amides is 2. The highest BCUT2D eigenvalue weighted by atomic mass is 19.3. The lowest BCUT2D eigenvalue weighted by atomic mass is 9.76. The van der Waals surface area contributed by atoms with Gasteiger partial charge in [0.1, 0.15) is 5.75 Å². The third-order valence-electron chi connectivity index (χ3n) is 4.95. The average Bonchev–Trinajstić information content (AvgIpc) is 3.13. The van der Waals surface area contributed by atoms with Gasteiger partial charge in [-0.15, -0.1) is 0 Å². The van der Waals surface area contributed by atoms with Gasteiger partial charge in [-0.2, -0.15) is 0 Å². The summed E-state index contributed by atoms with van der Waals surface area (Å²) in [5.74, 6) is 0.150. The molecule has 0 saturated carbocycles. The first kappa shape index (κ1) is 16.7. The van der Waals surface area contributed by atoms with E-state index in [9.17, 15) is 18.4 Å². The molecule has 2 aliphatic rings. The van der Waals surface area contributed by atoms with E-state index in [0.29, 0.717) is 30.6 Å². The van der Waals surface area contributed by atoms with Gasteiger partial charge in [-0.3, -0.25) is 9.59 Å². The second kappa shape index (κ2) is 6.37. The minimum absolute atomic E-state index is 0.0130. The number of nitrogens with zero attached hydrogens (tertiary/aromatic N) is 1. The first-order valence-electron chi connectivity index (χ1n) is 7.97. The summed E-state index contributed by atoms with van der Waals surface area (Å²) >= 11 is 0. The Bertz CT molecular complexity index is 652. The number of fused-ring (bicyclic) bond motifs is 1. The summed E-state index contributed by atoms with van der Waals surface area (Å²) in [4.78, 5) is 26.5. The molecule has 0 aromatic heterocycles. The highest BCUT2D eigenvalue weighted by molar-refractivity contribution is 5.91. The quantitative estimate of drug-likeness (QED) is 0.889. The largest absolute Gasteiger partial charge is 0.497 e. The van der Waals surface area contributed by atoms with Crippen molar-refractivity contribution in [2.45, 2.75) is 37.1 Å². The van der Waals surface area contributed by atoms with E-state index in [2.05, 4.69) is 5.32 Å².